The van der Waals surface area contributed by atoms with Gasteiger partial charge in [-0.25, -0.2) is 0 Å². The maximum absolute atomic E-state index is 9.32. The largest absolute Gasteiger partial charge is 0.481 e. The smallest absolute Gasteiger partial charge is 0.148 e. The van der Waals surface area contributed by atoms with Gasteiger partial charge in [0.25, 0.3) is 0 Å². The van der Waals surface area contributed by atoms with E-state index in [2.05, 4.69) is 12.0 Å². The maximum atomic E-state index is 9.32. The van der Waals surface area contributed by atoms with Gasteiger partial charge in [0.1, 0.15) is 12.4 Å². The maximum Gasteiger partial charge on any atom is 0.148 e. The van der Waals surface area contributed by atoms with Crippen molar-refractivity contribution in [2.75, 3.05) is 6.61 Å². The van der Waals surface area contributed by atoms with Crippen LogP contribution in [0.15, 0.2) is 48.5 Å². The average Bonchev–Trinajstić information content (AvgIpc) is 2.53. The fourth-order valence-electron chi connectivity index (χ4n) is 1.87. The number of terminal acetylenes is 1. The van der Waals surface area contributed by atoms with Crippen molar-refractivity contribution in [1.29, 1.82) is 5.26 Å². The standard InChI is InChI=1S/C19H15NO/c1-3-12-21-19-10-6-16(7-11-19)13-18(14-20)17-8-4-15(2)5-9-17/h1,4-11,13H,12H2,2H3/b18-13+. The summed E-state index contributed by atoms with van der Waals surface area (Å²) in [7, 11) is 0. The summed E-state index contributed by atoms with van der Waals surface area (Å²) in [5.74, 6) is 3.14. The molecule has 0 aliphatic rings. The van der Waals surface area contributed by atoms with Gasteiger partial charge in [-0.2, -0.15) is 5.26 Å². The minimum atomic E-state index is 0.252. The van der Waals surface area contributed by atoms with Crippen molar-refractivity contribution in [2.45, 2.75) is 6.92 Å². The second-order valence-electron chi connectivity index (χ2n) is 4.60. The second-order valence-corrected chi connectivity index (χ2v) is 4.60. The third kappa shape index (κ3) is 4.00. The number of rotatable bonds is 4. The summed E-state index contributed by atoms with van der Waals surface area (Å²) < 4.78 is 5.32. The Morgan fingerprint density at radius 2 is 1.81 bits per heavy atom. The van der Waals surface area contributed by atoms with E-state index in [1.807, 2.05) is 61.5 Å². The summed E-state index contributed by atoms with van der Waals surface area (Å²) in [6.45, 7) is 2.27. The molecule has 2 aromatic rings. The molecule has 2 nitrogen and oxygen atoms in total. The molecule has 102 valence electrons. The third-order valence-electron chi connectivity index (χ3n) is 3.00. The molecule has 0 aromatic heterocycles. The zero-order valence-electron chi connectivity index (χ0n) is 11.8. The molecule has 0 fully saturated rings. The molecule has 0 spiro atoms. The minimum absolute atomic E-state index is 0.252. The lowest BCUT2D eigenvalue weighted by atomic mass is 10.0. The number of ether oxygens (including phenoxy) is 1. The molecule has 0 aliphatic carbocycles. The Balaban J connectivity index is 2.22. The van der Waals surface area contributed by atoms with Gasteiger partial charge in [-0.3, -0.25) is 0 Å². The van der Waals surface area contributed by atoms with Gasteiger partial charge < -0.3 is 4.74 Å². The molecular weight excluding hydrogens is 258 g/mol. The number of nitrogens with zero attached hydrogens (tertiary/aromatic N) is 1. The summed E-state index contributed by atoms with van der Waals surface area (Å²) >= 11 is 0. The lowest BCUT2D eigenvalue weighted by molar-refractivity contribution is 0.370. The fraction of sp³-hybridized carbons (Fsp3) is 0.105. The molecule has 0 heterocycles. The summed E-state index contributed by atoms with van der Waals surface area (Å²) in [6, 6.07) is 17.6. The number of aryl methyl sites for hydroxylation is 1. The van der Waals surface area contributed by atoms with E-state index in [4.69, 9.17) is 11.2 Å². The molecule has 0 saturated carbocycles. The quantitative estimate of drug-likeness (QED) is 0.478. The molecule has 2 aromatic carbocycles. The molecule has 2 heteroatoms. The first-order chi connectivity index (χ1) is 10.2. The number of benzene rings is 2. The number of nitriles is 1. The van der Waals surface area contributed by atoms with Gasteiger partial charge in [-0.05, 0) is 36.3 Å². The number of hydrogen-bond donors (Lipinski definition) is 0. The van der Waals surface area contributed by atoms with E-state index in [1.165, 1.54) is 5.56 Å². The molecule has 0 N–H and O–H groups in total. The Labute approximate surface area is 125 Å². The topological polar surface area (TPSA) is 33.0 Å². The van der Waals surface area contributed by atoms with Crippen LogP contribution in [-0.4, -0.2) is 6.61 Å². The van der Waals surface area contributed by atoms with Gasteiger partial charge in [0.15, 0.2) is 0 Å². The van der Waals surface area contributed by atoms with E-state index < -0.39 is 0 Å². The summed E-state index contributed by atoms with van der Waals surface area (Å²) in [5.41, 5.74) is 3.66. The molecule has 0 amide bonds. The highest BCUT2D eigenvalue weighted by molar-refractivity contribution is 5.89. The Kier molecular flexibility index (Phi) is 4.80. The van der Waals surface area contributed by atoms with E-state index >= 15 is 0 Å². The van der Waals surface area contributed by atoms with Crippen LogP contribution in [0.25, 0.3) is 11.6 Å². The molecule has 0 atom stereocenters. The molecule has 0 saturated heterocycles. The van der Waals surface area contributed by atoms with E-state index in [1.54, 1.807) is 0 Å². The van der Waals surface area contributed by atoms with Crippen LogP contribution in [0.4, 0.5) is 0 Å². The van der Waals surface area contributed by atoms with Crippen LogP contribution in [0.5, 0.6) is 5.75 Å². The van der Waals surface area contributed by atoms with Crippen molar-refractivity contribution in [3.05, 3.63) is 65.2 Å². The predicted octanol–water partition coefficient (Wildman–Crippen LogP) is 4.07. The summed E-state index contributed by atoms with van der Waals surface area (Å²) in [4.78, 5) is 0. The fourth-order valence-corrected chi connectivity index (χ4v) is 1.87. The molecular formula is C19H15NO. The van der Waals surface area contributed by atoms with E-state index in [-0.39, 0.29) is 6.61 Å². The number of allylic oxidation sites excluding steroid dienone is 1. The Bertz CT molecular complexity index is 710. The van der Waals surface area contributed by atoms with Crippen molar-refractivity contribution in [3.8, 4) is 24.2 Å². The highest BCUT2D eigenvalue weighted by Gasteiger charge is 2.01. The van der Waals surface area contributed by atoms with Gasteiger partial charge in [0.2, 0.25) is 0 Å². The SMILES string of the molecule is C#CCOc1ccc(/C=C(\C#N)c2ccc(C)cc2)cc1. The average molecular weight is 273 g/mol. The van der Waals surface area contributed by atoms with Crippen LogP contribution in [-0.2, 0) is 0 Å². The molecule has 0 bridgehead atoms. The molecule has 0 unspecified atom stereocenters. The predicted molar refractivity (Wildman–Crippen MR) is 85.4 cm³/mol. The van der Waals surface area contributed by atoms with E-state index in [9.17, 15) is 5.26 Å². The van der Waals surface area contributed by atoms with Crippen molar-refractivity contribution in [1.82, 2.24) is 0 Å². The molecule has 2 rings (SSSR count). The van der Waals surface area contributed by atoms with Gasteiger partial charge in [0, 0.05) is 0 Å². The highest BCUT2D eigenvalue weighted by Crippen LogP contribution is 2.20. The summed E-state index contributed by atoms with van der Waals surface area (Å²) in [5, 5.41) is 9.32. The molecule has 0 radical (unpaired) electrons. The third-order valence-corrected chi connectivity index (χ3v) is 3.00. The Morgan fingerprint density at radius 1 is 1.14 bits per heavy atom. The van der Waals surface area contributed by atoms with Crippen LogP contribution in [0.3, 0.4) is 0 Å². The van der Waals surface area contributed by atoms with Crippen LogP contribution >= 0.6 is 0 Å². The Morgan fingerprint density at radius 3 is 2.38 bits per heavy atom. The van der Waals surface area contributed by atoms with Crippen molar-refractivity contribution in [2.24, 2.45) is 0 Å². The first kappa shape index (κ1) is 14.4. The monoisotopic (exact) mass is 273 g/mol. The van der Waals surface area contributed by atoms with Gasteiger partial charge in [-0.1, -0.05) is 47.9 Å². The van der Waals surface area contributed by atoms with Gasteiger partial charge in [-0.15, -0.1) is 6.42 Å². The van der Waals surface area contributed by atoms with Gasteiger partial charge in [0.05, 0.1) is 11.6 Å². The first-order valence-corrected chi connectivity index (χ1v) is 6.58. The second kappa shape index (κ2) is 6.98. The van der Waals surface area contributed by atoms with Crippen LogP contribution in [0.2, 0.25) is 0 Å². The van der Waals surface area contributed by atoms with Crippen molar-refractivity contribution in [3.63, 3.8) is 0 Å². The summed E-state index contributed by atoms with van der Waals surface area (Å²) in [6.07, 6.45) is 7.00. The van der Waals surface area contributed by atoms with Crippen LogP contribution in [0.1, 0.15) is 16.7 Å². The zero-order valence-corrected chi connectivity index (χ0v) is 11.8. The minimum Gasteiger partial charge on any atom is -0.481 e. The van der Waals surface area contributed by atoms with Crippen LogP contribution in [0, 0.1) is 30.6 Å². The molecule has 21 heavy (non-hydrogen) atoms. The Hall–Kier alpha value is -2.97. The number of hydrogen-bond acceptors (Lipinski definition) is 2. The highest BCUT2D eigenvalue weighted by atomic mass is 16.5. The molecule has 0 aliphatic heterocycles. The normalized spacial score (nSPS) is 10.5. The first-order valence-electron chi connectivity index (χ1n) is 6.58. The van der Waals surface area contributed by atoms with Crippen LogP contribution < -0.4 is 4.74 Å². The van der Waals surface area contributed by atoms with Gasteiger partial charge >= 0.3 is 0 Å². The lowest BCUT2D eigenvalue weighted by Gasteiger charge is -2.03. The van der Waals surface area contributed by atoms with E-state index in [0.717, 1.165) is 16.9 Å². The zero-order chi connectivity index (χ0) is 15.1. The van der Waals surface area contributed by atoms with E-state index in [0.29, 0.717) is 5.57 Å². The van der Waals surface area contributed by atoms with Crippen molar-refractivity contribution >= 4 is 11.6 Å². The lowest BCUT2D eigenvalue weighted by Crippen LogP contribution is -1.92. The van der Waals surface area contributed by atoms with Crippen molar-refractivity contribution < 1.29 is 4.74 Å².